The molecule has 1 aromatic heterocycles. The molecule has 0 bridgehead atoms. The van der Waals surface area contributed by atoms with Crippen LogP contribution in [0, 0.1) is 6.92 Å². The van der Waals surface area contributed by atoms with Crippen molar-refractivity contribution in [1.82, 2.24) is 20.0 Å². The molecule has 1 saturated heterocycles. The molecule has 1 aliphatic heterocycles. The van der Waals surface area contributed by atoms with Crippen molar-refractivity contribution in [2.75, 3.05) is 0 Å². The smallest absolute Gasteiger partial charge is 0.303 e. The van der Waals surface area contributed by atoms with Crippen LogP contribution in [0.2, 0.25) is 5.02 Å². The van der Waals surface area contributed by atoms with Crippen LogP contribution in [0.5, 0.6) is 0 Å². The minimum Gasteiger partial charge on any atom is -0.303 e. The lowest BCUT2D eigenvalue weighted by Crippen LogP contribution is -2.30. The fourth-order valence-electron chi connectivity index (χ4n) is 3.42. The molecule has 8 heteroatoms. The van der Waals surface area contributed by atoms with E-state index in [0.717, 1.165) is 16.0 Å². The summed E-state index contributed by atoms with van der Waals surface area (Å²) >= 11 is 5.94. The Kier molecular flexibility index (Phi) is 5.52. The molecule has 31 heavy (non-hydrogen) atoms. The van der Waals surface area contributed by atoms with Crippen LogP contribution in [0.4, 0.5) is 4.79 Å². The van der Waals surface area contributed by atoms with Crippen molar-refractivity contribution in [3.8, 4) is 5.69 Å². The topological polar surface area (TPSA) is 87.2 Å². The quantitative estimate of drug-likeness (QED) is 0.471. The zero-order valence-electron chi connectivity index (χ0n) is 17.1. The average molecular weight is 437 g/mol. The van der Waals surface area contributed by atoms with Gasteiger partial charge in [-0.3, -0.25) is 19.6 Å². The normalized spacial score (nSPS) is 15.1. The maximum atomic E-state index is 13.0. The van der Waals surface area contributed by atoms with Gasteiger partial charge in [0.05, 0.1) is 17.8 Å². The van der Waals surface area contributed by atoms with Gasteiger partial charge in [0.25, 0.3) is 11.5 Å². The SMILES string of the molecule is CCc1[nH]n(-c2ccc(Cl)cc2)c(=O)c1C=C1NC(=O)N(Cc2ccc(C)cc2)C1=O. The van der Waals surface area contributed by atoms with Crippen molar-refractivity contribution < 1.29 is 9.59 Å². The highest BCUT2D eigenvalue weighted by molar-refractivity contribution is 6.30. The number of amides is 3. The van der Waals surface area contributed by atoms with E-state index in [1.807, 2.05) is 38.1 Å². The first-order valence-electron chi connectivity index (χ1n) is 9.87. The van der Waals surface area contributed by atoms with Crippen LogP contribution >= 0.6 is 11.6 Å². The summed E-state index contributed by atoms with van der Waals surface area (Å²) in [7, 11) is 0. The molecule has 3 aromatic rings. The molecular formula is C23H21ClN4O3. The summed E-state index contributed by atoms with van der Waals surface area (Å²) in [5.74, 6) is -0.466. The van der Waals surface area contributed by atoms with Gasteiger partial charge >= 0.3 is 6.03 Å². The van der Waals surface area contributed by atoms with Crippen molar-refractivity contribution >= 4 is 29.6 Å². The Morgan fingerprint density at radius 2 is 1.68 bits per heavy atom. The number of nitrogens with one attached hydrogen (secondary N) is 2. The zero-order chi connectivity index (χ0) is 22.1. The van der Waals surface area contributed by atoms with Gasteiger partial charge in [0, 0.05) is 10.7 Å². The Morgan fingerprint density at radius 3 is 2.32 bits per heavy atom. The Hall–Kier alpha value is -3.58. The molecule has 7 nitrogen and oxygen atoms in total. The van der Waals surface area contributed by atoms with Crippen molar-refractivity contribution in [3.63, 3.8) is 0 Å². The number of imide groups is 1. The van der Waals surface area contributed by atoms with Gasteiger partial charge in [-0.2, -0.15) is 0 Å². The van der Waals surface area contributed by atoms with Crippen LogP contribution in [-0.2, 0) is 17.8 Å². The average Bonchev–Trinajstić information content (AvgIpc) is 3.21. The highest BCUT2D eigenvalue weighted by Gasteiger charge is 2.34. The highest BCUT2D eigenvalue weighted by atomic mass is 35.5. The Labute approximate surface area is 183 Å². The number of aromatic amines is 1. The van der Waals surface area contributed by atoms with E-state index >= 15 is 0 Å². The van der Waals surface area contributed by atoms with Crippen LogP contribution in [-0.4, -0.2) is 26.6 Å². The number of benzene rings is 2. The molecule has 2 aromatic carbocycles. The molecule has 0 radical (unpaired) electrons. The lowest BCUT2D eigenvalue weighted by Gasteiger charge is -2.11. The van der Waals surface area contributed by atoms with Crippen LogP contribution in [0.15, 0.2) is 59.0 Å². The van der Waals surface area contributed by atoms with E-state index in [1.54, 1.807) is 24.3 Å². The Morgan fingerprint density at radius 1 is 1.00 bits per heavy atom. The standard InChI is InChI=1S/C23H21ClN4O3/c1-3-19-18(21(29)28(26-19)17-10-8-16(24)9-11-17)12-20-22(30)27(23(31)25-20)13-15-6-4-14(2)5-7-15/h4-12,26H,3,13H2,1-2H3,(H,25,31). The van der Waals surface area contributed by atoms with Crippen molar-refractivity contribution in [1.29, 1.82) is 0 Å². The maximum absolute atomic E-state index is 13.0. The molecular weight excluding hydrogens is 416 g/mol. The second-order valence-corrected chi connectivity index (χ2v) is 7.78. The number of hydrogen-bond donors (Lipinski definition) is 2. The van der Waals surface area contributed by atoms with E-state index in [0.29, 0.717) is 28.4 Å². The number of carbonyl (C=O) groups excluding carboxylic acids is 2. The minimum atomic E-state index is -0.511. The number of rotatable bonds is 5. The van der Waals surface area contributed by atoms with Gasteiger partial charge in [0.1, 0.15) is 5.70 Å². The molecule has 0 aliphatic carbocycles. The van der Waals surface area contributed by atoms with Crippen molar-refractivity contribution in [2.24, 2.45) is 0 Å². The molecule has 3 amide bonds. The van der Waals surface area contributed by atoms with Gasteiger partial charge in [-0.1, -0.05) is 48.4 Å². The third-order valence-corrected chi connectivity index (χ3v) is 5.41. The number of hydrogen-bond acceptors (Lipinski definition) is 3. The Bertz CT molecular complexity index is 1240. The monoisotopic (exact) mass is 436 g/mol. The van der Waals surface area contributed by atoms with Crippen LogP contribution in [0.25, 0.3) is 11.8 Å². The summed E-state index contributed by atoms with van der Waals surface area (Å²) in [5.41, 5.74) is 3.31. The summed E-state index contributed by atoms with van der Waals surface area (Å²) in [6, 6.07) is 13.9. The summed E-state index contributed by atoms with van der Waals surface area (Å²) in [4.78, 5) is 39.4. The van der Waals surface area contributed by atoms with E-state index in [4.69, 9.17) is 11.6 Å². The molecule has 2 N–H and O–H groups in total. The summed E-state index contributed by atoms with van der Waals surface area (Å²) in [6.07, 6.45) is 1.99. The Balaban J connectivity index is 1.66. The molecule has 0 atom stereocenters. The lowest BCUT2D eigenvalue weighted by molar-refractivity contribution is -0.123. The largest absolute Gasteiger partial charge is 0.329 e. The van der Waals surface area contributed by atoms with E-state index in [-0.39, 0.29) is 17.8 Å². The first-order valence-corrected chi connectivity index (χ1v) is 10.2. The fourth-order valence-corrected chi connectivity index (χ4v) is 3.55. The summed E-state index contributed by atoms with van der Waals surface area (Å²) in [6.45, 7) is 4.03. The first kappa shape index (κ1) is 20.7. The first-order chi connectivity index (χ1) is 14.9. The molecule has 4 rings (SSSR count). The third kappa shape index (κ3) is 4.04. The number of urea groups is 1. The molecule has 0 unspecified atom stereocenters. The van der Waals surface area contributed by atoms with Gasteiger partial charge in [-0.05, 0) is 49.2 Å². The molecule has 1 fully saturated rings. The van der Waals surface area contributed by atoms with Crippen LogP contribution in [0.1, 0.15) is 29.3 Å². The minimum absolute atomic E-state index is 0.0752. The van der Waals surface area contributed by atoms with Crippen LogP contribution < -0.4 is 10.9 Å². The van der Waals surface area contributed by atoms with E-state index in [2.05, 4.69) is 10.4 Å². The van der Waals surface area contributed by atoms with E-state index < -0.39 is 11.9 Å². The lowest BCUT2D eigenvalue weighted by atomic mass is 10.1. The number of aromatic nitrogens is 2. The van der Waals surface area contributed by atoms with Crippen molar-refractivity contribution in [3.05, 3.63) is 92.0 Å². The molecule has 158 valence electrons. The predicted octanol–water partition coefficient (Wildman–Crippen LogP) is 3.78. The number of aryl methyl sites for hydroxylation is 2. The second kappa shape index (κ2) is 8.28. The molecule has 0 spiro atoms. The number of halogens is 1. The third-order valence-electron chi connectivity index (χ3n) is 5.16. The fraction of sp³-hybridized carbons (Fsp3) is 0.174. The van der Waals surface area contributed by atoms with Crippen LogP contribution in [0.3, 0.4) is 0 Å². The molecule has 2 heterocycles. The zero-order valence-corrected chi connectivity index (χ0v) is 17.9. The molecule has 1 aliphatic rings. The number of carbonyl (C=O) groups is 2. The van der Waals surface area contributed by atoms with Gasteiger partial charge in [-0.15, -0.1) is 0 Å². The summed E-state index contributed by atoms with van der Waals surface area (Å²) < 4.78 is 1.40. The second-order valence-electron chi connectivity index (χ2n) is 7.34. The van der Waals surface area contributed by atoms with Crippen molar-refractivity contribution in [2.45, 2.75) is 26.8 Å². The number of nitrogens with zero attached hydrogens (tertiary/aromatic N) is 2. The number of H-pyrrole nitrogens is 1. The maximum Gasteiger partial charge on any atom is 0.329 e. The van der Waals surface area contributed by atoms with Gasteiger partial charge in [-0.25, -0.2) is 9.48 Å². The van der Waals surface area contributed by atoms with Gasteiger partial charge < -0.3 is 5.32 Å². The highest BCUT2D eigenvalue weighted by Crippen LogP contribution is 2.19. The summed E-state index contributed by atoms with van der Waals surface area (Å²) in [5, 5.41) is 6.22. The predicted molar refractivity (Wildman–Crippen MR) is 119 cm³/mol. The van der Waals surface area contributed by atoms with Gasteiger partial charge in [0.15, 0.2) is 0 Å². The van der Waals surface area contributed by atoms with E-state index in [1.165, 1.54) is 10.8 Å². The molecule has 0 saturated carbocycles. The van der Waals surface area contributed by atoms with E-state index in [9.17, 15) is 14.4 Å². The van der Waals surface area contributed by atoms with Gasteiger partial charge in [0.2, 0.25) is 0 Å².